The first kappa shape index (κ1) is 18.0. The van der Waals surface area contributed by atoms with Crippen molar-refractivity contribution in [3.05, 3.63) is 0 Å². The van der Waals surface area contributed by atoms with E-state index in [1.807, 2.05) is 0 Å². The molecule has 1 heteroatoms. The Balaban J connectivity index is 4.23. The van der Waals surface area contributed by atoms with Gasteiger partial charge in [-0.2, -0.15) is 0 Å². The molecule has 3 atom stereocenters. The van der Waals surface area contributed by atoms with Crippen LogP contribution >= 0.6 is 0 Å². The van der Waals surface area contributed by atoms with Crippen LogP contribution in [0.15, 0.2) is 0 Å². The van der Waals surface area contributed by atoms with Gasteiger partial charge in [0.25, 0.3) is 0 Å². The summed E-state index contributed by atoms with van der Waals surface area (Å²) in [5.74, 6) is 1.69. The first-order valence-electron chi connectivity index (χ1n) is 8.02. The lowest BCUT2D eigenvalue weighted by atomic mass is 9.77. The number of rotatable bonds is 9. The van der Waals surface area contributed by atoms with Crippen LogP contribution in [0.5, 0.6) is 0 Å². The third kappa shape index (κ3) is 7.41. The molecule has 0 aliphatic carbocycles. The molecule has 0 rings (SSSR count). The van der Waals surface area contributed by atoms with Gasteiger partial charge in [-0.3, -0.25) is 0 Å². The predicted molar refractivity (Wildman–Crippen MR) is 84.0 cm³/mol. The molecule has 0 radical (unpaired) electrons. The molecule has 0 aliphatic heterocycles. The van der Waals surface area contributed by atoms with E-state index in [1.54, 1.807) is 0 Å². The maximum atomic E-state index is 3.55. The normalized spacial score (nSPS) is 17.5. The van der Waals surface area contributed by atoms with Crippen molar-refractivity contribution in [2.24, 2.45) is 17.3 Å². The molecular weight excluding hydrogens is 218 g/mol. The molecule has 0 amide bonds. The molecule has 1 nitrogen and oxygen atoms in total. The zero-order valence-electron chi connectivity index (χ0n) is 14.0. The minimum Gasteiger partial charge on any atom is -0.317 e. The highest BCUT2D eigenvalue weighted by atomic mass is 14.9. The summed E-state index contributed by atoms with van der Waals surface area (Å²) in [5, 5.41) is 3.55. The van der Waals surface area contributed by atoms with Gasteiger partial charge in [0.2, 0.25) is 0 Å². The lowest BCUT2D eigenvalue weighted by molar-refractivity contribution is 0.210. The van der Waals surface area contributed by atoms with E-state index in [1.165, 1.54) is 38.5 Å². The van der Waals surface area contributed by atoms with Crippen molar-refractivity contribution in [3.63, 3.8) is 0 Å². The van der Waals surface area contributed by atoms with Gasteiger partial charge in [-0.15, -0.1) is 0 Å². The van der Waals surface area contributed by atoms with Gasteiger partial charge >= 0.3 is 0 Å². The fraction of sp³-hybridized carbons (Fsp3) is 1.00. The van der Waals surface area contributed by atoms with Gasteiger partial charge < -0.3 is 5.32 Å². The van der Waals surface area contributed by atoms with Gasteiger partial charge in [0, 0.05) is 6.04 Å². The van der Waals surface area contributed by atoms with E-state index in [2.05, 4.69) is 53.9 Å². The average molecular weight is 255 g/mol. The van der Waals surface area contributed by atoms with Crippen molar-refractivity contribution in [2.45, 2.75) is 86.1 Å². The summed E-state index contributed by atoms with van der Waals surface area (Å²) in [6.45, 7) is 14.1. The van der Waals surface area contributed by atoms with Crippen molar-refractivity contribution in [1.82, 2.24) is 5.32 Å². The van der Waals surface area contributed by atoms with Crippen LogP contribution in [-0.2, 0) is 0 Å². The van der Waals surface area contributed by atoms with Gasteiger partial charge in [-0.25, -0.2) is 0 Å². The van der Waals surface area contributed by atoms with Gasteiger partial charge in [-0.05, 0) is 37.1 Å². The topological polar surface area (TPSA) is 12.0 Å². The third-order valence-corrected chi connectivity index (χ3v) is 4.69. The van der Waals surface area contributed by atoms with E-state index in [0.29, 0.717) is 11.5 Å². The summed E-state index contributed by atoms with van der Waals surface area (Å²) >= 11 is 0. The first-order valence-corrected chi connectivity index (χ1v) is 8.02. The molecule has 1 N–H and O–H groups in total. The standard InChI is InChI=1S/C17H37N/c1-8-10-11-15(9-2)13-16(18-7)12-14(3)17(4,5)6/h14-16,18H,8-13H2,1-7H3. The molecule has 0 heterocycles. The Bertz CT molecular complexity index is 192. The molecule has 3 unspecified atom stereocenters. The van der Waals surface area contributed by atoms with Crippen LogP contribution in [0.3, 0.4) is 0 Å². The summed E-state index contributed by atoms with van der Waals surface area (Å²) in [4.78, 5) is 0. The number of hydrogen-bond acceptors (Lipinski definition) is 1. The minimum absolute atomic E-state index is 0.431. The molecule has 0 spiro atoms. The Morgan fingerprint density at radius 3 is 2.06 bits per heavy atom. The van der Waals surface area contributed by atoms with E-state index in [0.717, 1.165) is 11.8 Å². The Morgan fingerprint density at radius 1 is 1.06 bits per heavy atom. The number of hydrogen-bond donors (Lipinski definition) is 1. The zero-order chi connectivity index (χ0) is 14.2. The molecule has 0 saturated heterocycles. The van der Waals surface area contributed by atoms with Crippen molar-refractivity contribution in [2.75, 3.05) is 7.05 Å². The summed E-state index contributed by atoms with van der Waals surface area (Å²) in [7, 11) is 2.13. The van der Waals surface area contributed by atoms with E-state index in [-0.39, 0.29) is 0 Å². The van der Waals surface area contributed by atoms with E-state index < -0.39 is 0 Å². The average Bonchev–Trinajstić information content (AvgIpc) is 2.31. The summed E-state index contributed by atoms with van der Waals surface area (Å²) in [5.41, 5.74) is 0.431. The minimum atomic E-state index is 0.431. The van der Waals surface area contributed by atoms with Crippen LogP contribution < -0.4 is 5.32 Å². The number of nitrogens with one attached hydrogen (secondary N) is 1. The van der Waals surface area contributed by atoms with E-state index in [9.17, 15) is 0 Å². The molecule has 0 aromatic carbocycles. The number of unbranched alkanes of at least 4 members (excludes halogenated alkanes) is 1. The SMILES string of the molecule is CCCCC(CC)CC(CC(C)C(C)(C)C)NC. The van der Waals surface area contributed by atoms with Crippen LogP contribution in [0.4, 0.5) is 0 Å². The molecule has 0 fully saturated rings. The van der Waals surface area contributed by atoms with Crippen molar-refractivity contribution >= 4 is 0 Å². The highest BCUT2D eigenvalue weighted by Gasteiger charge is 2.24. The second-order valence-electron chi connectivity index (χ2n) is 7.14. The van der Waals surface area contributed by atoms with Gasteiger partial charge in [0.15, 0.2) is 0 Å². The third-order valence-electron chi connectivity index (χ3n) is 4.69. The fourth-order valence-corrected chi connectivity index (χ4v) is 2.50. The van der Waals surface area contributed by atoms with Crippen molar-refractivity contribution in [1.29, 1.82) is 0 Å². The first-order chi connectivity index (χ1) is 8.35. The van der Waals surface area contributed by atoms with E-state index >= 15 is 0 Å². The van der Waals surface area contributed by atoms with E-state index in [4.69, 9.17) is 0 Å². The molecule has 0 aromatic heterocycles. The quantitative estimate of drug-likeness (QED) is 0.593. The molecule has 0 bridgehead atoms. The van der Waals surface area contributed by atoms with Crippen LogP contribution in [-0.4, -0.2) is 13.1 Å². The summed E-state index contributed by atoms with van der Waals surface area (Å²) < 4.78 is 0. The fourth-order valence-electron chi connectivity index (χ4n) is 2.50. The van der Waals surface area contributed by atoms with Crippen LogP contribution in [0.1, 0.15) is 80.1 Å². The Hall–Kier alpha value is -0.0400. The highest BCUT2D eigenvalue weighted by Crippen LogP contribution is 2.31. The smallest absolute Gasteiger partial charge is 0.00694 e. The monoisotopic (exact) mass is 255 g/mol. The maximum absolute atomic E-state index is 3.55. The predicted octanol–water partition coefficient (Wildman–Crippen LogP) is 5.25. The highest BCUT2D eigenvalue weighted by molar-refractivity contribution is 4.78. The van der Waals surface area contributed by atoms with Crippen LogP contribution in [0.2, 0.25) is 0 Å². The summed E-state index contributed by atoms with van der Waals surface area (Å²) in [6.07, 6.45) is 8.14. The molecule has 0 saturated carbocycles. The van der Waals surface area contributed by atoms with Crippen LogP contribution in [0, 0.1) is 17.3 Å². The molecule has 110 valence electrons. The molecule has 18 heavy (non-hydrogen) atoms. The van der Waals surface area contributed by atoms with Crippen molar-refractivity contribution in [3.8, 4) is 0 Å². The molecular formula is C17H37N. The van der Waals surface area contributed by atoms with Crippen molar-refractivity contribution < 1.29 is 0 Å². The van der Waals surface area contributed by atoms with Gasteiger partial charge in [0.1, 0.15) is 0 Å². The summed E-state index contributed by atoms with van der Waals surface area (Å²) in [6, 6.07) is 0.695. The zero-order valence-corrected chi connectivity index (χ0v) is 14.0. The Morgan fingerprint density at radius 2 is 1.67 bits per heavy atom. The maximum Gasteiger partial charge on any atom is 0.00694 e. The van der Waals surface area contributed by atoms with Gasteiger partial charge in [0.05, 0.1) is 0 Å². The Labute approximate surface area is 116 Å². The lowest BCUT2D eigenvalue weighted by Gasteiger charge is -2.32. The largest absolute Gasteiger partial charge is 0.317 e. The second-order valence-corrected chi connectivity index (χ2v) is 7.14. The lowest BCUT2D eigenvalue weighted by Crippen LogP contribution is -2.33. The van der Waals surface area contributed by atoms with Gasteiger partial charge in [-0.1, -0.05) is 67.2 Å². The Kier molecular flexibility index (Phi) is 8.94. The second kappa shape index (κ2) is 8.96. The van der Waals surface area contributed by atoms with Crippen LogP contribution in [0.25, 0.3) is 0 Å². The molecule has 0 aliphatic rings. The molecule has 0 aromatic rings.